The lowest BCUT2D eigenvalue weighted by atomic mass is 9.89. The Bertz CT molecular complexity index is 1020. The molecule has 0 unspecified atom stereocenters. The second-order valence-corrected chi connectivity index (χ2v) is 9.37. The van der Waals surface area contributed by atoms with Crippen molar-refractivity contribution >= 4 is 28.2 Å². The van der Waals surface area contributed by atoms with Crippen molar-refractivity contribution in [3.05, 3.63) is 45.8 Å². The fourth-order valence-corrected chi connectivity index (χ4v) is 5.36. The first-order valence-corrected chi connectivity index (χ1v) is 11.7. The zero-order chi connectivity index (χ0) is 22.5. The van der Waals surface area contributed by atoms with E-state index in [1.54, 1.807) is 24.3 Å². The molecule has 1 fully saturated rings. The van der Waals surface area contributed by atoms with Crippen LogP contribution in [0.5, 0.6) is 5.75 Å². The molecule has 1 N–H and O–H groups in total. The van der Waals surface area contributed by atoms with Gasteiger partial charge in [-0.3, -0.25) is 4.79 Å². The van der Waals surface area contributed by atoms with Crippen LogP contribution in [0, 0.1) is 17.2 Å². The monoisotopic (exact) mass is 454 g/mol. The third kappa shape index (κ3) is 5.29. The first-order valence-electron chi connectivity index (χ1n) is 10.9. The molecule has 0 radical (unpaired) electrons. The van der Waals surface area contributed by atoms with Gasteiger partial charge in [0.25, 0.3) is 5.91 Å². The van der Waals surface area contributed by atoms with Crippen LogP contribution < -0.4 is 10.1 Å². The van der Waals surface area contributed by atoms with Crippen molar-refractivity contribution in [2.75, 3.05) is 25.1 Å². The smallest absolute Gasteiger partial charge is 0.338 e. The van der Waals surface area contributed by atoms with E-state index in [-0.39, 0.29) is 6.10 Å². The Morgan fingerprint density at radius 2 is 2.09 bits per heavy atom. The van der Waals surface area contributed by atoms with Crippen molar-refractivity contribution in [1.82, 2.24) is 0 Å². The number of nitriles is 1. The lowest BCUT2D eigenvalue weighted by Crippen LogP contribution is -2.21. The van der Waals surface area contributed by atoms with Crippen LogP contribution in [-0.2, 0) is 27.1 Å². The van der Waals surface area contributed by atoms with E-state index in [2.05, 4.69) is 18.3 Å². The zero-order valence-electron chi connectivity index (χ0n) is 18.0. The summed E-state index contributed by atoms with van der Waals surface area (Å²) in [5.74, 6) is 0.170. The molecular formula is C24H26N2O5S. The highest BCUT2D eigenvalue weighted by atomic mass is 32.1. The van der Waals surface area contributed by atoms with Gasteiger partial charge in [-0.15, -0.1) is 11.3 Å². The first-order chi connectivity index (χ1) is 15.5. The van der Waals surface area contributed by atoms with E-state index in [1.807, 2.05) is 0 Å². The minimum absolute atomic E-state index is 0.122. The van der Waals surface area contributed by atoms with Crippen LogP contribution in [-0.4, -0.2) is 37.8 Å². The van der Waals surface area contributed by atoms with Crippen LogP contribution in [0.4, 0.5) is 5.00 Å². The predicted octanol–water partition coefficient (Wildman–Crippen LogP) is 4.10. The summed E-state index contributed by atoms with van der Waals surface area (Å²) in [5, 5.41) is 12.8. The van der Waals surface area contributed by atoms with Crippen LogP contribution in [0.1, 0.15) is 52.5 Å². The molecule has 4 rings (SSSR count). The van der Waals surface area contributed by atoms with E-state index in [1.165, 1.54) is 11.3 Å². The minimum atomic E-state index is -0.592. The van der Waals surface area contributed by atoms with Crippen molar-refractivity contribution in [1.29, 1.82) is 5.26 Å². The lowest BCUT2D eigenvalue weighted by Gasteiger charge is -2.17. The molecule has 1 aliphatic carbocycles. The molecule has 7 nitrogen and oxygen atoms in total. The fourth-order valence-electron chi connectivity index (χ4n) is 3.99. The van der Waals surface area contributed by atoms with E-state index in [0.717, 1.165) is 49.2 Å². The van der Waals surface area contributed by atoms with E-state index in [0.29, 0.717) is 34.4 Å². The number of thiophene rings is 1. The molecule has 168 valence electrons. The van der Waals surface area contributed by atoms with E-state index in [4.69, 9.17) is 14.2 Å². The number of fused-ring (bicyclic) bond motifs is 1. The summed E-state index contributed by atoms with van der Waals surface area (Å²) in [4.78, 5) is 25.8. The largest absolute Gasteiger partial charge is 0.491 e. The molecule has 0 saturated carbocycles. The average molecular weight is 455 g/mol. The normalized spacial score (nSPS) is 19.6. The van der Waals surface area contributed by atoms with Gasteiger partial charge in [-0.05, 0) is 67.9 Å². The third-order valence-electron chi connectivity index (χ3n) is 5.76. The highest BCUT2D eigenvalue weighted by Crippen LogP contribution is 2.39. The second kappa shape index (κ2) is 10.2. The Balaban J connectivity index is 1.28. The molecule has 0 spiro atoms. The molecule has 2 aromatic rings. The number of esters is 1. The van der Waals surface area contributed by atoms with Crippen LogP contribution >= 0.6 is 11.3 Å². The van der Waals surface area contributed by atoms with Gasteiger partial charge in [-0.2, -0.15) is 5.26 Å². The highest BCUT2D eigenvalue weighted by molar-refractivity contribution is 7.16. The van der Waals surface area contributed by atoms with Gasteiger partial charge in [0.2, 0.25) is 0 Å². The van der Waals surface area contributed by atoms with Crippen molar-refractivity contribution in [3.63, 3.8) is 0 Å². The van der Waals surface area contributed by atoms with Crippen LogP contribution in [0.3, 0.4) is 0 Å². The molecule has 2 heterocycles. The predicted molar refractivity (Wildman–Crippen MR) is 120 cm³/mol. The maximum Gasteiger partial charge on any atom is 0.338 e. The number of amides is 1. The summed E-state index contributed by atoms with van der Waals surface area (Å²) in [6, 6.07) is 8.82. The van der Waals surface area contributed by atoms with Crippen molar-refractivity contribution in [3.8, 4) is 11.8 Å². The van der Waals surface area contributed by atoms with Crippen LogP contribution in [0.25, 0.3) is 0 Å². The Labute approximate surface area is 191 Å². The van der Waals surface area contributed by atoms with Gasteiger partial charge in [0, 0.05) is 11.5 Å². The number of carbonyl (C=O) groups is 2. The van der Waals surface area contributed by atoms with Crippen molar-refractivity contribution < 1.29 is 23.8 Å². The first kappa shape index (κ1) is 22.3. The van der Waals surface area contributed by atoms with Crippen molar-refractivity contribution in [2.45, 2.75) is 45.1 Å². The summed E-state index contributed by atoms with van der Waals surface area (Å²) in [5.41, 5.74) is 1.92. The molecular weight excluding hydrogens is 428 g/mol. The molecule has 1 aliphatic heterocycles. The lowest BCUT2D eigenvalue weighted by molar-refractivity contribution is -0.119. The van der Waals surface area contributed by atoms with E-state index in [9.17, 15) is 14.9 Å². The quantitative estimate of drug-likeness (QED) is 0.633. The number of benzene rings is 1. The van der Waals surface area contributed by atoms with Gasteiger partial charge < -0.3 is 19.5 Å². The van der Waals surface area contributed by atoms with Crippen LogP contribution in [0.2, 0.25) is 0 Å². The third-order valence-corrected chi connectivity index (χ3v) is 6.93. The van der Waals surface area contributed by atoms with Crippen molar-refractivity contribution in [2.24, 2.45) is 5.92 Å². The number of hydrogen-bond acceptors (Lipinski definition) is 7. The molecule has 1 saturated heterocycles. The van der Waals surface area contributed by atoms with Gasteiger partial charge in [-0.1, -0.05) is 6.92 Å². The highest BCUT2D eigenvalue weighted by Gasteiger charge is 2.25. The number of rotatable bonds is 7. The number of carbonyl (C=O) groups excluding carboxylic acids is 2. The number of ether oxygens (including phenoxy) is 3. The maximum absolute atomic E-state index is 12.3. The molecule has 32 heavy (non-hydrogen) atoms. The molecule has 8 heteroatoms. The van der Waals surface area contributed by atoms with Gasteiger partial charge in [0.1, 0.15) is 23.4 Å². The second-order valence-electron chi connectivity index (χ2n) is 8.26. The summed E-state index contributed by atoms with van der Waals surface area (Å²) in [6.45, 7) is 3.03. The summed E-state index contributed by atoms with van der Waals surface area (Å²) in [6.07, 6.45) is 4.99. The SMILES string of the molecule is C[C@H]1CCc2c(sc(NC(=O)COC(=O)c3ccc(OC[C@H]4CCCO4)cc3)c2C#N)C1. The van der Waals surface area contributed by atoms with Gasteiger partial charge in [0.05, 0.1) is 17.2 Å². The Morgan fingerprint density at radius 1 is 1.28 bits per heavy atom. The fraction of sp³-hybridized carbons (Fsp3) is 0.458. The van der Waals surface area contributed by atoms with Gasteiger partial charge in [0.15, 0.2) is 6.61 Å². The summed E-state index contributed by atoms with van der Waals surface area (Å²) >= 11 is 1.45. The standard InChI is InChI=1S/C24H26N2O5S/c1-15-4-9-19-20(12-25)23(32-21(19)11-15)26-22(27)14-31-24(28)16-5-7-17(8-6-16)30-13-18-3-2-10-29-18/h5-8,15,18H,2-4,9-11,13-14H2,1H3,(H,26,27)/t15-,18+/m0/s1. The topological polar surface area (TPSA) is 97.7 Å². The molecule has 2 aliphatic rings. The zero-order valence-corrected chi connectivity index (χ0v) is 18.8. The average Bonchev–Trinajstić information content (AvgIpc) is 3.43. The number of nitrogens with zero attached hydrogens (tertiary/aromatic N) is 1. The Kier molecular flexibility index (Phi) is 7.08. The molecule has 1 aromatic carbocycles. The molecule has 0 bridgehead atoms. The number of anilines is 1. The number of hydrogen-bond donors (Lipinski definition) is 1. The molecule has 2 atom stereocenters. The minimum Gasteiger partial charge on any atom is -0.491 e. The van der Waals surface area contributed by atoms with Gasteiger partial charge in [-0.25, -0.2) is 4.79 Å². The summed E-state index contributed by atoms with van der Waals surface area (Å²) < 4.78 is 16.4. The molecule has 1 amide bonds. The van der Waals surface area contributed by atoms with Gasteiger partial charge >= 0.3 is 5.97 Å². The molecule has 1 aromatic heterocycles. The summed E-state index contributed by atoms with van der Waals surface area (Å²) in [7, 11) is 0. The Morgan fingerprint density at radius 3 is 2.81 bits per heavy atom. The maximum atomic E-state index is 12.3. The Hall–Kier alpha value is -2.89. The van der Waals surface area contributed by atoms with Crippen LogP contribution in [0.15, 0.2) is 24.3 Å². The van der Waals surface area contributed by atoms with E-state index >= 15 is 0 Å². The number of nitrogens with one attached hydrogen (secondary N) is 1. The van der Waals surface area contributed by atoms with E-state index < -0.39 is 18.5 Å².